The quantitative estimate of drug-likeness (QED) is 0.852. The molecule has 0 saturated carbocycles. The molecule has 0 unspecified atom stereocenters. The van der Waals surface area contributed by atoms with Crippen molar-refractivity contribution in [3.63, 3.8) is 0 Å². The highest BCUT2D eigenvalue weighted by Crippen LogP contribution is 2.14. The zero-order chi connectivity index (χ0) is 13.9. The number of aliphatic hydroxyl groups is 1. The molecule has 0 radical (unpaired) electrons. The predicted octanol–water partition coefficient (Wildman–Crippen LogP) is 0.954. The first-order valence-corrected chi connectivity index (χ1v) is 7.10. The fourth-order valence-electron chi connectivity index (χ4n) is 1.44. The van der Waals surface area contributed by atoms with Crippen molar-refractivity contribution in [2.24, 2.45) is 0 Å². The van der Waals surface area contributed by atoms with Crippen molar-refractivity contribution < 1.29 is 17.9 Å². The van der Waals surface area contributed by atoms with Gasteiger partial charge in [-0.05, 0) is 30.7 Å². The molecule has 0 spiro atoms. The monoisotopic (exact) mass is 282 g/mol. The van der Waals surface area contributed by atoms with E-state index in [1.807, 2.05) is 6.92 Å². The highest BCUT2D eigenvalue weighted by atomic mass is 32.2. The van der Waals surface area contributed by atoms with E-state index in [0.29, 0.717) is 0 Å². The maximum atomic E-state index is 11.9. The number of aromatic nitrogens is 1. The van der Waals surface area contributed by atoms with Crippen molar-refractivity contribution in [2.75, 3.05) is 0 Å². The van der Waals surface area contributed by atoms with Gasteiger partial charge in [0.1, 0.15) is 12.4 Å². The lowest BCUT2D eigenvalue weighted by molar-refractivity contribution is 0.236. The number of hydrogen-bond donors (Lipinski definition) is 2. The Bertz CT molecular complexity index is 647. The van der Waals surface area contributed by atoms with E-state index in [-0.39, 0.29) is 24.0 Å². The third kappa shape index (κ3) is 3.40. The molecule has 2 aromatic rings. The van der Waals surface area contributed by atoms with Crippen molar-refractivity contribution in [2.45, 2.75) is 25.2 Å². The normalized spacial score (nSPS) is 11.7. The van der Waals surface area contributed by atoms with Gasteiger partial charge >= 0.3 is 0 Å². The van der Waals surface area contributed by atoms with E-state index in [1.165, 1.54) is 12.1 Å². The second kappa shape index (κ2) is 5.52. The van der Waals surface area contributed by atoms with Gasteiger partial charge < -0.3 is 9.52 Å². The minimum atomic E-state index is -3.71. The number of aryl methyl sites for hydroxylation is 1. The van der Waals surface area contributed by atoms with Crippen LogP contribution in [0.15, 0.2) is 40.0 Å². The number of hydrogen-bond acceptors (Lipinski definition) is 5. The van der Waals surface area contributed by atoms with E-state index >= 15 is 0 Å². The van der Waals surface area contributed by atoms with Crippen molar-refractivity contribution in [1.29, 1.82) is 0 Å². The van der Waals surface area contributed by atoms with Crippen LogP contribution in [0.5, 0.6) is 0 Å². The highest BCUT2D eigenvalue weighted by Gasteiger charge is 2.18. The summed E-state index contributed by atoms with van der Waals surface area (Å²) in [6.07, 6.45) is 1.61. The van der Waals surface area contributed by atoms with Crippen molar-refractivity contribution in [1.82, 2.24) is 9.71 Å². The standard InChI is InChI=1S/C12H14N2O4S/c1-9-2-3-10(6-13-9)7-14-19(16,17)12-5-4-11(8-15)18-12/h2-6,14-15H,7-8H2,1H3. The van der Waals surface area contributed by atoms with Crippen LogP contribution in [0.2, 0.25) is 0 Å². The molecule has 0 bridgehead atoms. The molecular formula is C12H14N2O4S. The molecular weight excluding hydrogens is 268 g/mol. The summed E-state index contributed by atoms with van der Waals surface area (Å²) in [7, 11) is -3.71. The topological polar surface area (TPSA) is 92.4 Å². The van der Waals surface area contributed by atoms with Gasteiger partial charge in [0, 0.05) is 18.4 Å². The summed E-state index contributed by atoms with van der Waals surface area (Å²) in [5.41, 5.74) is 1.62. The van der Waals surface area contributed by atoms with Crippen LogP contribution in [0.1, 0.15) is 17.0 Å². The maximum Gasteiger partial charge on any atom is 0.274 e. The first-order chi connectivity index (χ1) is 9.01. The van der Waals surface area contributed by atoms with E-state index in [0.717, 1.165) is 11.3 Å². The summed E-state index contributed by atoms with van der Waals surface area (Å²) in [5.74, 6) is 0.206. The first kappa shape index (κ1) is 13.7. The molecule has 0 aliphatic carbocycles. The summed E-state index contributed by atoms with van der Waals surface area (Å²) in [6, 6.07) is 6.33. The molecule has 6 nitrogen and oxygen atoms in total. The number of sulfonamides is 1. The third-order valence-electron chi connectivity index (χ3n) is 2.50. The molecule has 0 aliphatic heterocycles. The molecule has 2 heterocycles. The Morgan fingerprint density at radius 2 is 2.11 bits per heavy atom. The van der Waals surface area contributed by atoms with Gasteiger partial charge in [0.25, 0.3) is 10.0 Å². The Kier molecular flexibility index (Phi) is 3.98. The van der Waals surface area contributed by atoms with Crippen LogP contribution in [0.25, 0.3) is 0 Å². The van der Waals surface area contributed by atoms with Gasteiger partial charge in [0.15, 0.2) is 0 Å². The van der Waals surface area contributed by atoms with Crippen molar-refractivity contribution in [3.8, 4) is 0 Å². The Labute approximate surface area is 111 Å². The summed E-state index contributed by atoms with van der Waals surface area (Å²) in [5, 5.41) is 8.62. The number of aliphatic hydroxyl groups excluding tert-OH is 1. The first-order valence-electron chi connectivity index (χ1n) is 5.62. The summed E-state index contributed by atoms with van der Waals surface area (Å²) in [6.45, 7) is 1.65. The lowest BCUT2D eigenvalue weighted by Crippen LogP contribution is -2.22. The predicted molar refractivity (Wildman–Crippen MR) is 67.6 cm³/mol. The van der Waals surface area contributed by atoms with Gasteiger partial charge in [-0.3, -0.25) is 4.98 Å². The van der Waals surface area contributed by atoms with Gasteiger partial charge in [-0.15, -0.1) is 0 Å². The zero-order valence-corrected chi connectivity index (χ0v) is 11.1. The Balaban J connectivity index is 2.07. The lowest BCUT2D eigenvalue weighted by atomic mass is 10.2. The SMILES string of the molecule is Cc1ccc(CNS(=O)(=O)c2ccc(CO)o2)cn1. The molecule has 0 atom stereocenters. The van der Waals surface area contributed by atoms with Gasteiger partial charge in [-0.2, -0.15) is 0 Å². The number of nitrogens with one attached hydrogen (secondary N) is 1. The average Bonchev–Trinajstić information content (AvgIpc) is 2.88. The highest BCUT2D eigenvalue weighted by molar-refractivity contribution is 7.89. The fourth-order valence-corrected chi connectivity index (χ4v) is 2.40. The van der Waals surface area contributed by atoms with E-state index in [9.17, 15) is 8.42 Å². The van der Waals surface area contributed by atoms with Crippen LogP contribution >= 0.6 is 0 Å². The minimum absolute atomic E-state index is 0.130. The maximum absolute atomic E-state index is 11.9. The fraction of sp³-hybridized carbons (Fsp3) is 0.250. The van der Waals surface area contributed by atoms with Gasteiger partial charge in [0.2, 0.25) is 5.09 Å². The molecule has 7 heteroatoms. The molecule has 0 amide bonds. The molecule has 2 N–H and O–H groups in total. The van der Waals surface area contributed by atoms with Crippen LogP contribution in [0.4, 0.5) is 0 Å². The van der Waals surface area contributed by atoms with E-state index < -0.39 is 10.0 Å². The van der Waals surface area contributed by atoms with Gasteiger partial charge in [-0.1, -0.05) is 6.07 Å². The lowest BCUT2D eigenvalue weighted by Gasteiger charge is -2.04. The molecule has 0 fully saturated rings. The molecule has 102 valence electrons. The minimum Gasteiger partial charge on any atom is -0.446 e. The third-order valence-corrected chi connectivity index (χ3v) is 3.77. The van der Waals surface area contributed by atoms with Gasteiger partial charge in [0.05, 0.1) is 0 Å². The van der Waals surface area contributed by atoms with Crippen LogP contribution in [0, 0.1) is 6.92 Å². The van der Waals surface area contributed by atoms with E-state index in [4.69, 9.17) is 9.52 Å². The Morgan fingerprint density at radius 1 is 1.32 bits per heavy atom. The average molecular weight is 282 g/mol. The number of furan rings is 1. The van der Waals surface area contributed by atoms with Gasteiger partial charge in [-0.25, -0.2) is 13.1 Å². The Morgan fingerprint density at radius 3 is 2.68 bits per heavy atom. The largest absolute Gasteiger partial charge is 0.446 e. The number of nitrogens with zero attached hydrogens (tertiary/aromatic N) is 1. The van der Waals surface area contributed by atoms with Crippen LogP contribution < -0.4 is 4.72 Å². The zero-order valence-electron chi connectivity index (χ0n) is 10.3. The van der Waals surface area contributed by atoms with Crippen LogP contribution in [0.3, 0.4) is 0 Å². The second-order valence-electron chi connectivity index (χ2n) is 4.01. The van der Waals surface area contributed by atoms with Crippen molar-refractivity contribution in [3.05, 3.63) is 47.5 Å². The van der Waals surface area contributed by atoms with Crippen molar-refractivity contribution >= 4 is 10.0 Å². The number of rotatable bonds is 5. The molecule has 2 aromatic heterocycles. The summed E-state index contributed by atoms with van der Waals surface area (Å²) < 4.78 is 31.2. The summed E-state index contributed by atoms with van der Waals surface area (Å²) in [4.78, 5) is 4.08. The van der Waals surface area contributed by atoms with Crippen LogP contribution in [-0.4, -0.2) is 18.5 Å². The summed E-state index contributed by atoms with van der Waals surface area (Å²) >= 11 is 0. The van der Waals surface area contributed by atoms with Crippen LogP contribution in [-0.2, 0) is 23.2 Å². The molecule has 19 heavy (non-hydrogen) atoms. The number of pyridine rings is 1. The smallest absolute Gasteiger partial charge is 0.274 e. The molecule has 0 aromatic carbocycles. The van der Waals surface area contributed by atoms with E-state index in [2.05, 4.69) is 9.71 Å². The molecule has 0 saturated heterocycles. The Hall–Kier alpha value is -1.70. The molecule has 0 aliphatic rings. The second-order valence-corrected chi connectivity index (χ2v) is 5.71. The van der Waals surface area contributed by atoms with E-state index in [1.54, 1.807) is 18.3 Å². The molecule has 2 rings (SSSR count).